The normalized spacial score (nSPS) is 15.8. The largest absolute Gasteiger partial charge is 0.328 e. The maximum absolute atomic E-state index is 11.8. The Labute approximate surface area is 88.5 Å². The van der Waals surface area contributed by atoms with Gasteiger partial charge in [0, 0.05) is 30.7 Å². The van der Waals surface area contributed by atoms with E-state index >= 15 is 0 Å². The Bertz CT molecular complexity index is 400. The van der Waals surface area contributed by atoms with E-state index in [9.17, 15) is 4.79 Å². The average Bonchev–Trinajstić information content (AvgIpc) is 2.95. The summed E-state index contributed by atoms with van der Waals surface area (Å²) < 4.78 is 3.50. The van der Waals surface area contributed by atoms with Gasteiger partial charge in [-0.2, -0.15) is 12.6 Å². The molecule has 0 atom stereocenters. The van der Waals surface area contributed by atoms with Gasteiger partial charge in [-0.15, -0.1) is 0 Å². The van der Waals surface area contributed by atoms with Gasteiger partial charge in [0.2, 0.25) is 0 Å². The summed E-state index contributed by atoms with van der Waals surface area (Å²) in [7, 11) is 0. The predicted octanol–water partition coefficient (Wildman–Crippen LogP) is 1.47. The molecular formula is C10H14N2OS. The molecule has 0 amide bonds. The predicted molar refractivity (Wildman–Crippen MR) is 60.0 cm³/mol. The molecule has 0 spiro atoms. The molecule has 76 valence electrons. The topological polar surface area (TPSA) is 26.9 Å². The van der Waals surface area contributed by atoms with Crippen LogP contribution in [0.3, 0.4) is 0 Å². The molecule has 1 aromatic rings. The second-order valence-electron chi connectivity index (χ2n) is 3.76. The first-order chi connectivity index (χ1) is 6.72. The summed E-state index contributed by atoms with van der Waals surface area (Å²) in [6.45, 7) is 4.42. The van der Waals surface area contributed by atoms with E-state index < -0.39 is 0 Å². The van der Waals surface area contributed by atoms with Crippen molar-refractivity contribution in [2.24, 2.45) is 0 Å². The lowest BCUT2D eigenvalue weighted by Gasteiger charge is -2.02. The van der Waals surface area contributed by atoms with E-state index in [-0.39, 0.29) is 5.69 Å². The third-order valence-electron chi connectivity index (χ3n) is 2.43. The Balaban J connectivity index is 2.18. The molecule has 0 radical (unpaired) electrons. The summed E-state index contributed by atoms with van der Waals surface area (Å²) in [4.78, 5) is 11.8. The van der Waals surface area contributed by atoms with Gasteiger partial charge in [0.15, 0.2) is 0 Å². The van der Waals surface area contributed by atoms with Crippen molar-refractivity contribution in [3.8, 4) is 0 Å². The van der Waals surface area contributed by atoms with Crippen molar-refractivity contribution in [2.75, 3.05) is 5.75 Å². The number of rotatable bonds is 4. The summed E-state index contributed by atoms with van der Waals surface area (Å²) >= 11 is 4.12. The molecule has 1 aromatic heterocycles. The quantitative estimate of drug-likeness (QED) is 0.591. The molecule has 0 aliphatic heterocycles. The van der Waals surface area contributed by atoms with Gasteiger partial charge >= 0.3 is 5.69 Å². The first-order valence-corrected chi connectivity index (χ1v) is 5.40. The van der Waals surface area contributed by atoms with Gasteiger partial charge in [0.25, 0.3) is 0 Å². The average molecular weight is 210 g/mol. The summed E-state index contributed by atoms with van der Waals surface area (Å²) in [5.41, 5.74) is 1.04. The molecule has 0 N–H and O–H groups in total. The Morgan fingerprint density at radius 1 is 1.57 bits per heavy atom. The van der Waals surface area contributed by atoms with Gasteiger partial charge in [-0.1, -0.05) is 6.58 Å². The van der Waals surface area contributed by atoms with Crippen LogP contribution in [-0.4, -0.2) is 14.9 Å². The highest BCUT2D eigenvalue weighted by atomic mass is 32.1. The molecular weight excluding hydrogens is 196 g/mol. The fraction of sp³-hybridized carbons (Fsp3) is 0.500. The molecule has 2 rings (SSSR count). The molecule has 4 heteroatoms. The van der Waals surface area contributed by atoms with Gasteiger partial charge in [0.05, 0.1) is 0 Å². The first kappa shape index (κ1) is 9.65. The second kappa shape index (κ2) is 3.69. The zero-order valence-corrected chi connectivity index (χ0v) is 8.91. The van der Waals surface area contributed by atoms with E-state index in [0.29, 0.717) is 18.3 Å². The van der Waals surface area contributed by atoms with Crippen molar-refractivity contribution < 1.29 is 0 Å². The summed E-state index contributed by atoms with van der Waals surface area (Å²) in [5.74, 6) is 0.626. The van der Waals surface area contributed by atoms with E-state index in [2.05, 4.69) is 19.2 Å². The standard InChI is InChI=1S/C10H14N2OS/c1-8(7-14)6-11-4-5-12(10(11)13)9-2-3-9/h4-5,9,14H,1-3,6-7H2. The monoisotopic (exact) mass is 210 g/mol. The molecule has 1 heterocycles. The van der Waals surface area contributed by atoms with Gasteiger partial charge in [0.1, 0.15) is 0 Å². The molecule has 1 aliphatic rings. The number of nitrogens with zero attached hydrogens (tertiary/aromatic N) is 2. The fourth-order valence-corrected chi connectivity index (χ4v) is 1.57. The van der Waals surface area contributed by atoms with Crippen LogP contribution in [0.15, 0.2) is 29.3 Å². The van der Waals surface area contributed by atoms with Crippen LogP contribution >= 0.6 is 12.6 Å². The maximum Gasteiger partial charge on any atom is 0.328 e. The molecule has 3 nitrogen and oxygen atoms in total. The Morgan fingerprint density at radius 3 is 2.86 bits per heavy atom. The smallest absolute Gasteiger partial charge is 0.296 e. The van der Waals surface area contributed by atoms with Gasteiger partial charge < -0.3 is 0 Å². The summed E-state index contributed by atoms with van der Waals surface area (Å²) in [5, 5.41) is 0. The van der Waals surface area contributed by atoms with Crippen LogP contribution in [0.4, 0.5) is 0 Å². The van der Waals surface area contributed by atoms with E-state index in [0.717, 1.165) is 18.4 Å². The Hall–Kier alpha value is -0.900. The highest BCUT2D eigenvalue weighted by molar-refractivity contribution is 7.80. The van der Waals surface area contributed by atoms with Crippen molar-refractivity contribution in [2.45, 2.75) is 25.4 Å². The molecule has 0 aromatic carbocycles. The molecule has 0 unspecified atom stereocenters. The van der Waals surface area contributed by atoms with Crippen molar-refractivity contribution in [1.82, 2.24) is 9.13 Å². The van der Waals surface area contributed by atoms with Crippen LogP contribution in [0, 0.1) is 0 Å². The van der Waals surface area contributed by atoms with Crippen LogP contribution in [0.5, 0.6) is 0 Å². The van der Waals surface area contributed by atoms with Crippen molar-refractivity contribution >= 4 is 12.6 Å². The van der Waals surface area contributed by atoms with Crippen molar-refractivity contribution in [3.05, 3.63) is 35.0 Å². The minimum atomic E-state index is 0.0791. The number of hydrogen-bond donors (Lipinski definition) is 1. The number of thiol groups is 1. The van der Waals surface area contributed by atoms with Crippen molar-refractivity contribution in [1.29, 1.82) is 0 Å². The first-order valence-electron chi connectivity index (χ1n) is 4.77. The lowest BCUT2D eigenvalue weighted by Crippen LogP contribution is -2.24. The maximum atomic E-state index is 11.8. The second-order valence-corrected chi connectivity index (χ2v) is 4.07. The van der Waals surface area contributed by atoms with Crippen LogP contribution in [0.2, 0.25) is 0 Å². The third kappa shape index (κ3) is 1.80. The third-order valence-corrected chi connectivity index (χ3v) is 2.88. The molecule has 14 heavy (non-hydrogen) atoms. The zero-order valence-electron chi connectivity index (χ0n) is 8.02. The van der Waals surface area contributed by atoms with E-state index in [1.807, 2.05) is 17.0 Å². The van der Waals surface area contributed by atoms with Crippen LogP contribution in [0.1, 0.15) is 18.9 Å². The molecule has 0 saturated heterocycles. The van der Waals surface area contributed by atoms with E-state index in [1.165, 1.54) is 0 Å². The summed E-state index contributed by atoms with van der Waals surface area (Å²) in [6.07, 6.45) is 5.97. The summed E-state index contributed by atoms with van der Waals surface area (Å²) in [6, 6.07) is 0.452. The molecule has 1 saturated carbocycles. The van der Waals surface area contributed by atoms with Gasteiger partial charge in [-0.05, 0) is 18.4 Å². The SMILES string of the molecule is C=C(CS)Cn1ccn(C2CC2)c1=O. The van der Waals surface area contributed by atoms with Crippen LogP contribution in [-0.2, 0) is 6.54 Å². The molecule has 0 bridgehead atoms. The lowest BCUT2D eigenvalue weighted by atomic mass is 10.3. The number of hydrogen-bond acceptors (Lipinski definition) is 2. The number of imidazole rings is 1. The minimum Gasteiger partial charge on any atom is -0.296 e. The lowest BCUT2D eigenvalue weighted by molar-refractivity contribution is 0.654. The van der Waals surface area contributed by atoms with Gasteiger partial charge in [-0.25, -0.2) is 4.79 Å². The highest BCUT2D eigenvalue weighted by Gasteiger charge is 2.25. The molecule has 1 fully saturated rings. The van der Waals surface area contributed by atoms with Crippen molar-refractivity contribution in [3.63, 3.8) is 0 Å². The molecule has 1 aliphatic carbocycles. The Morgan fingerprint density at radius 2 is 2.29 bits per heavy atom. The number of aromatic nitrogens is 2. The van der Waals surface area contributed by atoms with E-state index in [1.54, 1.807) is 4.57 Å². The van der Waals surface area contributed by atoms with Crippen LogP contribution < -0.4 is 5.69 Å². The highest BCUT2D eigenvalue weighted by Crippen LogP contribution is 2.33. The minimum absolute atomic E-state index is 0.0791. The zero-order chi connectivity index (χ0) is 10.1. The van der Waals surface area contributed by atoms with Gasteiger partial charge in [-0.3, -0.25) is 9.13 Å². The Kier molecular flexibility index (Phi) is 2.54. The van der Waals surface area contributed by atoms with Crippen LogP contribution in [0.25, 0.3) is 0 Å². The van der Waals surface area contributed by atoms with E-state index in [4.69, 9.17) is 0 Å². The fourth-order valence-electron chi connectivity index (χ4n) is 1.47.